The van der Waals surface area contributed by atoms with Crippen molar-refractivity contribution < 1.29 is 17.6 Å². The van der Waals surface area contributed by atoms with Gasteiger partial charge in [0.05, 0.1) is 17.0 Å². The van der Waals surface area contributed by atoms with E-state index in [-0.39, 0.29) is 17.5 Å². The standard InChI is InChI=1S/C31H38F4N6/c1-19(2)37-38-30(36)29(23-8-5-9-23)24-12-25(32)14-26(13-24)40-18-28-27(31(33,34)35)11-22(17-41(28)21(40)4)16-39-10-6-7-20(3)15-39/h11-14,17-18,20,23,29H,4-10,15-16H2,1-3H3,(H2,36,38)/t20-,29?/m0/s1. The van der Waals surface area contributed by atoms with Gasteiger partial charge in [0.15, 0.2) is 0 Å². The van der Waals surface area contributed by atoms with Crippen LogP contribution < -0.4 is 10.6 Å². The molecule has 4 aliphatic rings. The first-order valence-corrected chi connectivity index (χ1v) is 14.3. The van der Waals surface area contributed by atoms with Gasteiger partial charge in [-0.1, -0.05) is 19.9 Å². The van der Waals surface area contributed by atoms with Gasteiger partial charge in [0.2, 0.25) is 0 Å². The van der Waals surface area contributed by atoms with Crippen LogP contribution >= 0.6 is 0 Å². The largest absolute Gasteiger partial charge is 0.418 e. The lowest BCUT2D eigenvalue weighted by Gasteiger charge is -2.34. The summed E-state index contributed by atoms with van der Waals surface area (Å²) in [6.45, 7) is 12.0. The molecule has 2 fully saturated rings. The van der Waals surface area contributed by atoms with Gasteiger partial charge >= 0.3 is 6.18 Å². The Balaban J connectivity index is 1.49. The number of fused-ring (bicyclic) bond motifs is 1. The fourth-order valence-corrected chi connectivity index (χ4v) is 6.14. The third kappa shape index (κ3) is 6.27. The van der Waals surface area contributed by atoms with Gasteiger partial charge in [-0.15, -0.1) is 5.10 Å². The SMILES string of the molecule is C=C1N2C=C(CN3CCC[C@H](C)C3)C=C(C(F)(F)F)C2=CN1c1cc(F)cc(C(/C(N)=N/N=C(C)C)C2CCC2)c1. The average molecular weight is 571 g/mol. The number of alkyl halides is 3. The molecule has 0 amide bonds. The maximum Gasteiger partial charge on any atom is 0.418 e. The van der Waals surface area contributed by atoms with E-state index in [2.05, 4.69) is 28.6 Å². The summed E-state index contributed by atoms with van der Waals surface area (Å²) < 4.78 is 58.1. The Hall–Kier alpha value is -3.40. The molecule has 2 N–H and O–H groups in total. The van der Waals surface area contributed by atoms with E-state index >= 15 is 4.39 Å². The Kier molecular flexibility index (Phi) is 8.14. The van der Waals surface area contributed by atoms with Gasteiger partial charge in [0.25, 0.3) is 0 Å². The van der Waals surface area contributed by atoms with Crippen molar-refractivity contribution in [3.63, 3.8) is 0 Å². The molecule has 1 unspecified atom stereocenters. The molecule has 0 bridgehead atoms. The number of amidine groups is 1. The lowest BCUT2D eigenvalue weighted by molar-refractivity contribution is -0.0909. The minimum Gasteiger partial charge on any atom is -0.385 e. The second-order valence-electron chi connectivity index (χ2n) is 11.9. The average Bonchev–Trinajstić information content (AvgIpc) is 3.19. The van der Waals surface area contributed by atoms with Crippen molar-refractivity contribution >= 4 is 17.2 Å². The number of nitrogens with two attached hydrogens (primary N) is 1. The van der Waals surface area contributed by atoms with Crippen molar-refractivity contribution in [2.24, 2.45) is 27.8 Å². The van der Waals surface area contributed by atoms with Gasteiger partial charge in [0, 0.05) is 37.1 Å². The van der Waals surface area contributed by atoms with Crippen molar-refractivity contribution in [3.05, 3.63) is 77.3 Å². The summed E-state index contributed by atoms with van der Waals surface area (Å²) in [5, 5.41) is 8.30. The van der Waals surface area contributed by atoms with Gasteiger partial charge in [-0.2, -0.15) is 18.3 Å². The quantitative estimate of drug-likeness (QED) is 0.166. The monoisotopic (exact) mass is 570 g/mol. The van der Waals surface area contributed by atoms with Crippen LogP contribution in [0.4, 0.5) is 23.2 Å². The summed E-state index contributed by atoms with van der Waals surface area (Å²) in [7, 11) is 0. The fraction of sp³-hybridized carbons (Fsp3) is 0.484. The molecule has 0 aromatic heterocycles. The van der Waals surface area contributed by atoms with Crippen LogP contribution in [-0.4, -0.2) is 47.2 Å². The van der Waals surface area contributed by atoms with Crippen LogP contribution in [0.5, 0.6) is 0 Å². The van der Waals surface area contributed by atoms with E-state index in [1.165, 1.54) is 34.2 Å². The number of benzene rings is 1. The van der Waals surface area contributed by atoms with Crippen molar-refractivity contribution in [1.29, 1.82) is 0 Å². The summed E-state index contributed by atoms with van der Waals surface area (Å²) in [4.78, 5) is 5.18. The van der Waals surface area contributed by atoms with E-state index in [0.717, 1.165) is 50.9 Å². The van der Waals surface area contributed by atoms with Crippen LogP contribution in [-0.2, 0) is 0 Å². The van der Waals surface area contributed by atoms with Crippen molar-refractivity contribution in [2.75, 3.05) is 24.5 Å². The summed E-state index contributed by atoms with van der Waals surface area (Å²) in [5.41, 5.74) is 7.90. The maximum absolute atomic E-state index is 15.1. The lowest BCUT2D eigenvalue weighted by atomic mass is 9.72. The molecule has 3 heterocycles. The smallest absolute Gasteiger partial charge is 0.385 e. The number of rotatable bonds is 7. The van der Waals surface area contributed by atoms with E-state index in [1.54, 1.807) is 12.3 Å². The van der Waals surface area contributed by atoms with E-state index in [0.29, 0.717) is 40.9 Å². The van der Waals surface area contributed by atoms with Crippen LogP contribution in [0.25, 0.3) is 0 Å². The fourth-order valence-electron chi connectivity index (χ4n) is 6.14. The predicted octanol–water partition coefficient (Wildman–Crippen LogP) is 7.02. The molecule has 10 heteroatoms. The Morgan fingerprint density at radius 3 is 2.46 bits per heavy atom. The summed E-state index contributed by atoms with van der Waals surface area (Å²) >= 11 is 0. The van der Waals surface area contributed by atoms with Gasteiger partial charge in [-0.25, -0.2) is 4.39 Å². The third-order valence-electron chi connectivity index (χ3n) is 8.27. The van der Waals surface area contributed by atoms with Gasteiger partial charge in [-0.3, -0.25) is 4.90 Å². The normalized spacial score (nSPS) is 23.0. The summed E-state index contributed by atoms with van der Waals surface area (Å²) in [6.07, 6.45) is 4.84. The molecule has 1 aromatic carbocycles. The number of nitrogens with zero attached hydrogens (tertiary/aromatic N) is 5. The Morgan fingerprint density at radius 2 is 1.83 bits per heavy atom. The minimum absolute atomic E-state index is 0.0338. The molecule has 5 rings (SSSR count). The molecule has 41 heavy (non-hydrogen) atoms. The minimum atomic E-state index is -4.57. The Morgan fingerprint density at radius 1 is 1.07 bits per heavy atom. The molecular weight excluding hydrogens is 532 g/mol. The number of halogens is 4. The zero-order chi connectivity index (χ0) is 29.5. The topological polar surface area (TPSA) is 60.5 Å². The Bertz CT molecular complexity index is 1350. The second kappa shape index (κ2) is 11.5. The number of likely N-dealkylation sites (tertiary alicyclic amines) is 1. The van der Waals surface area contributed by atoms with Crippen LogP contribution in [0, 0.1) is 17.7 Å². The predicted molar refractivity (Wildman–Crippen MR) is 155 cm³/mol. The van der Waals surface area contributed by atoms with Crippen LogP contribution in [0.15, 0.2) is 76.1 Å². The molecule has 1 saturated carbocycles. The molecule has 3 aliphatic heterocycles. The maximum atomic E-state index is 15.1. The van der Waals surface area contributed by atoms with Crippen molar-refractivity contribution in [2.45, 2.75) is 65.0 Å². The molecule has 6 nitrogen and oxygen atoms in total. The van der Waals surface area contributed by atoms with Gasteiger partial charge in [-0.05, 0) is 93.3 Å². The van der Waals surface area contributed by atoms with Crippen LogP contribution in [0.2, 0.25) is 0 Å². The second-order valence-corrected chi connectivity index (χ2v) is 11.9. The van der Waals surface area contributed by atoms with Crippen LogP contribution in [0.3, 0.4) is 0 Å². The molecule has 0 spiro atoms. The Labute approximate surface area is 239 Å². The highest BCUT2D eigenvalue weighted by molar-refractivity contribution is 5.89. The highest BCUT2D eigenvalue weighted by Crippen LogP contribution is 2.45. The van der Waals surface area contributed by atoms with E-state index in [4.69, 9.17) is 5.73 Å². The molecule has 0 radical (unpaired) electrons. The third-order valence-corrected chi connectivity index (χ3v) is 8.27. The van der Waals surface area contributed by atoms with E-state index in [1.807, 2.05) is 13.8 Å². The van der Waals surface area contributed by atoms with Crippen molar-refractivity contribution in [1.82, 2.24) is 9.80 Å². The molecule has 2 atom stereocenters. The number of hydrogen-bond acceptors (Lipinski definition) is 5. The van der Waals surface area contributed by atoms with Crippen LogP contribution in [0.1, 0.15) is 64.4 Å². The van der Waals surface area contributed by atoms with Gasteiger partial charge in [0.1, 0.15) is 17.5 Å². The first-order valence-electron chi connectivity index (χ1n) is 14.3. The highest BCUT2D eigenvalue weighted by Gasteiger charge is 2.43. The molecular formula is C31H38F4N6. The molecule has 220 valence electrons. The zero-order valence-corrected chi connectivity index (χ0v) is 23.9. The first-order chi connectivity index (χ1) is 19.4. The molecule has 1 aliphatic carbocycles. The summed E-state index contributed by atoms with van der Waals surface area (Å²) in [5.74, 6) is 0.429. The van der Waals surface area contributed by atoms with Crippen molar-refractivity contribution in [3.8, 4) is 0 Å². The number of hydrogen-bond donors (Lipinski definition) is 1. The molecule has 1 saturated heterocycles. The number of allylic oxidation sites excluding steroid dienone is 1. The van der Waals surface area contributed by atoms with E-state index in [9.17, 15) is 13.2 Å². The molecule has 1 aromatic rings. The highest BCUT2D eigenvalue weighted by atomic mass is 19.4. The zero-order valence-electron chi connectivity index (χ0n) is 23.9. The van der Waals surface area contributed by atoms with E-state index < -0.39 is 17.6 Å². The number of piperidine rings is 1. The summed E-state index contributed by atoms with van der Waals surface area (Å²) in [6, 6.07) is 4.50. The number of anilines is 1. The first kappa shape index (κ1) is 29.1. The van der Waals surface area contributed by atoms with Gasteiger partial charge < -0.3 is 15.5 Å². The lowest BCUT2D eigenvalue weighted by Crippen LogP contribution is -2.36.